The summed E-state index contributed by atoms with van der Waals surface area (Å²) < 4.78 is 5.36. The number of carbonyl (C=O) groups is 1. The van der Waals surface area contributed by atoms with Gasteiger partial charge in [-0.05, 0) is 42.3 Å². The van der Waals surface area contributed by atoms with Gasteiger partial charge in [0.2, 0.25) is 5.91 Å². The summed E-state index contributed by atoms with van der Waals surface area (Å²) in [4.78, 5) is 15.1. The zero-order chi connectivity index (χ0) is 17.8. The number of hydrogen-bond donors (Lipinski definition) is 1. The molecule has 0 fully saturated rings. The summed E-state index contributed by atoms with van der Waals surface area (Å²) in [5, 5.41) is 3.11. The number of nitrogens with one attached hydrogen (secondary N) is 1. The molecule has 25 heavy (non-hydrogen) atoms. The maximum atomic E-state index is 13.1. The predicted molar refractivity (Wildman–Crippen MR) is 99.5 cm³/mol. The van der Waals surface area contributed by atoms with Crippen LogP contribution in [0.15, 0.2) is 48.5 Å². The molecule has 0 bridgehead atoms. The number of hydrogen-bond acceptors (Lipinski definition) is 3. The van der Waals surface area contributed by atoms with E-state index in [1.165, 1.54) is 16.7 Å². The quantitative estimate of drug-likeness (QED) is 0.910. The summed E-state index contributed by atoms with van der Waals surface area (Å²) in [6, 6.07) is 16.6. The van der Waals surface area contributed by atoms with E-state index in [1.54, 1.807) is 7.11 Å². The number of nitrogens with zero attached hydrogens (tertiary/aromatic N) is 1. The predicted octanol–water partition coefficient (Wildman–Crippen LogP) is 3.18. The molecule has 3 rings (SSSR count). The summed E-state index contributed by atoms with van der Waals surface area (Å²) in [7, 11) is 3.56. The van der Waals surface area contributed by atoms with E-state index in [4.69, 9.17) is 4.74 Å². The average Bonchev–Trinajstić information content (AvgIpc) is 2.66. The zero-order valence-electron chi connectivity index (χ0n) is 15.2. The van der Waals surface area contributed by atoms with Crippen LogP contribution < -0.4 is 10.1 Å². The molecule has 1 aliphatic heterocycles. The lowest BCUT2D eigenvalue weighted by Gasteiger charge is -2.39. The van der Waals surface area contributed by atoms with Crippen molar-refractivity contribution in [2.75, 3.05) is 20.7 Å². The Hall–Kier alpha value is -2.33. The second kappa shape index (κ2) is 7.70. The van der Waals surface area contributed by atoms with Crippen LogP contribution in [0.5, 0.6) is 5.75 Å². The molecule has 2 aromatic rings. The summed E-state index contributed by atoms with van der Waals surface area (Å²) in [6.07, 6.45) is 0.835. The SMILES string of the molecule is CNCC(C)C(=O)N1Cc2cc(OC)ccc2CC1c1ccccc1. The zero-order valence-corrected chi connectivity index (χ0v) is 15.2. The number of amides is 1. The number of carbonyl (C=O) groups excluding carboxylic acids is 1. The summed E-state index contributed by atoms with van der Waals surface area (Å²) in [6.45, 7) is 3.29. The van der Waals surface area contributed by atoms with Crippen LogP contribution in [-0.2, 0) is 17.8 Å². The molecular weight excluding hydrogens is 312 g/mol. The molecule has 0 spiro atoms. The van der Waals surface area contributed by atoms with Crippen LogP contribution in [0.25, 0.3) is 0 Å². The Morgan fingerprint density at radius 1 is 1.24 bits per heavy atom. The lowest BCUT2D eigenvalue weighted by molar-refractivity contribution is -0.138. The third kappa shape index (κ3) is 3.69. The van der Waals surface area contributed by atoms with Crippen molar-refractivity contribution >= 4 is 5.91 Å². The Morgan fingerprint density at radius 2 is 2.00 bits per heavy atom. The first-order valence-corrected chi connectivity index (χ1v) is 8.80. The van der Waals surface area contributed by atoms with E-state index in [2.05, 4.69) is 29.6 Å². The number of ether oxygens (including phenoxy) is 1. The van der Waals surface area contributed by atoms with E-state index in [-0.39, 0.29) is 17.9 Å². The van der Waals surface area contributed by atoms with Gasteiger partial charge in [-0.2, -0.15) is 0 Å². The van der Waals surface area contributed by atoms with Crippen LogP contribution >= 0.6 is 0 Å². The molecule has 0 saturated heterocycles. The third-order valence-corrected chi connectivity index (χ3v) is 4.94. The molecule has 1 amide bonds. The minimum Gasteiger partial charge on any atom is -0.497 e. The molecule has 1 N–H and O–H groups in total. The van der Waals surface area contributed by atoms with Gasteiger partial charge in [-0.3, -0.25) is 4.79 Å². The van der Waals surface area contributed by atoms with Gasteiger partial charge in [-0.25, -0.2) is 0 Å². The Morgan fingerprint density at radius 3 is 2.68 bits per heavy atom. The molecule has 0 aromatic heterocycles. The van der Waals surface area contributed by atoms with Gasteiger partial charge < -0.3 is 15.0 Å². The van der Waals surface area contributed by atoms with Crippen LogP contribution in [-0.4, -0.2) is 31.5 Å². The standard InChI is InChI=1S/C21H26N2O2/c1-15(13-22-2)21(24)23-14-18-11-19(25-3)10-9-17(18)12-20(23)16-7-5-4-6-8-16/h4-11,15,20,22H,12-14H2,1-3H3. The summed E-state index contributed by atoms with van der Waals surface area (Å²) >= 11 is 0. The maximum absolute atomic E-state index is 13.1. The van der Waals surface area contributed by atoms with Gasteiger partial charge in [0.1, 0.15) is 5.75 Å². The maximum Gasteiger partial charge on any atom is 0.227 e. The Balaban J connectivity index is 1.97. The normalized spacial score (nSPS) is 17.7. The largest absolute Gasteiger partial charge is 0.497 e. The molecule has 2 aromatic carbocycles. The van der Waals surface area contributed by atoms with Gasteiger partial charge in [0.05, 0.1) is 13.2 Å². The van der Waals surface area contributed by atoms with E-state index in [0.29, 0.717) is 13.1 Å². The smallest absolute Gasteiger partial charge is 0.227 e. The highest BCUT2D eigenvalue weighted by Gasteiger charge is 2.32. The number of fused-ring (bicyclic) bond motifs is 1. The Labute approximate surface area is 149 Å². The lowest BCUT2D eigenvalue weighted by atomic mass is 9.88. The van der Waals surface area contributed by atoms with Crippen molar-refractivity contribution in [2.45, 2.75) is 25.9 Å². The van der Waals surface area contributed by atoms with Gasteiger partial charge >= 0.3 is 0 Å². The molecule has 2 unspecified atom stereocenters. The fraction of sp³-hybridized carbons (Fsp3) is 0.381. The van der Waals surface area contributed by atoms with Crippen LogP contribution in [0.3, 0.4) is 0 Å². The van der Waals surface area contributed by atoms with Crippen molar-refractivity contribution in [1.82, 2.24) is 10.2 Å². The lowest BCUT2D eigenvalue weighted by Crippen LogP contribution is -2.43. The monoisotopic (exact) mass is 338 g/mol. The van der Waals surface area contributed by atoms with Gasteiger partial charge in [0, 0.05) is 19.0 Å². The van der Waals surface area contributed by atoms with Crippen LogP contribution in [0.4, 0.5) is 0 Å². The topological polar surface area (TPSA) is 41.6 Å². The van der Waals surface area contributed by atoms with Crippen molar-refractivity contribution in [3.05, 3.63) is 65.2 Å². The first kappa shape index (κ1) is 17.5. The van der Waals surface area contributed by atoms with Crippen molar-refractivity contribution in [3.63, 3.8) is 0 Å². The molecule has 0 radical (unpaired) electrons. The van der Waals surface area contributed by atoms with E-state index in [1.807, 2.05) is 43.1 Å². The van der Waals surface area contributed by atoms with E-state index >= 15 is 0 Å². The first-order valence-electron chi connectivity index (χ1n) is 8.80. The van der Waals surface area contributed by atoms with Crippen molar-refractivity contribution in [1.29, 1.82) is 0 Å². The first-order chi connectivity index (χ1) is 12.1. The highest BCUT2D eigenvalue weighted by molar-refractivity contribution is 5.79. The van der Waals surface area contributed by atoms with Gasteiger partial charge in [0.15, 0.2) is 0 Å². The Bertz CT molecular complexity index is 730. The van der Waals surface area contributed by atoms with Gasteiger partial charge in [-0.15, -0.1) is 0 Å². The molecule has 1 heterocycles. The molecule has 0 aliphatic carbocycles. The van der Waals surface area contributed by atoms with Crippen molar-refractivity contribution in [2.24, 2.45) is 5.92 Å². The van der Waals surface area contributed by atoms with Crippen molar-refractivity contribution in [3.8, 4) is 5.75 Å². The molecule has 4 heteroatoms. The fourth-order valence-corrected chi connectivity index (χ4v) is 3.57. The summed E-state index contributed by atoms with van der Waals surface area (Å²) in [5.41, 5.74) is 3.66. The number of rotatable bonds is 5. The highest BCUT2D eigenvalue weighted by atomic mass is 16.5. The summed E-state index contributed by atoms with van der Waals surface area (Å²) in [5.74, 6) is 0.979. The minimum absolute atomic E-state index is 0.0524. The molecule has 4 nitrogen and oxygen atoms in total. The molecular formula is C21H26N2O2. The number of benzene rings is 2. The fourth-order valence-electron chi connectivity index (χ4n) is 3.57. The number of methoxy groups -OCH3 is 1. The van der Waals surface area contributed by atoms with Crippen LogP contribution in [0, 0.1) is 5.92 Å². The van der Waals surface area contributed by atoms with Crippen LogP contribution in [0.1, 0.15) is 29.7 Å². The van der Waals surface area contributed by atoms with Gasteiger partial charge in [0.25, 0.3) is 0 Å². The van der Waals surface area contributed by atoms with Crippen LogP contribution in [0.2, 0.25) is 0 Å². The third-order valence-electron chi connectivity index (χ3n) is 4.94. The molecule has 132 valence electrons. The van der Waals surface area contributed by atoms with E-state index < -0.39 is 0 Å². The minimum atomic E-state index is -0.0524. The molecule has 0 saturated carbocycles. The second-order valence-electron chi connectivity index (χ2n) is 6.69. The van der Waals surface area contributed by atoms with Crippen molar-refractivity contribution < 1.29 is 9.53 Å². The van der Waals surface area contributed by atoms with E-state index in [9.17, 15) is 4.79 Å². The van der Waals surface area contributed by atoms with E-state index in [0.717, 1.165) is 12.2 Å². The highest BCUT2D eigenvalue weighted by Crippen LogP contribution is 2.35. The average molecular weight is 338 g/mol. The molecule has 2 atom stereocenters. The van der Waals surface area contributed by atoms with Gasteiger partial charge in [-0.1, -0.05) is 43.3 Å². The molecule has 1 aliphatic rings. The second-order valence-corrected chi connectivity index (χ2v) is 6.69. The Kier molecular flexibility index (Phi) is 5.39.